The third-order valence-corrected chi connectivity index (χ3v) is 3.41. The molecule has 0 aliphatic carbocycles. The van der Waals surface area contributed by atoms with Crippen molar-refractivity contribution in [2.24, 2.45) is 5.92 Å². The molecule has 0 bridgehead atoms. The summed E-state index contributed by atoms with van der Waals surface area (Å²) < 4.78 is 0. The van der Waals surface area contributed by atoms with Gasteiger partial charge in [-0.1, -0.05) is 6.92 Å². The Labute approximate surface area is 101 Å². The minimum atomic E-state index is -0.904. The topological polar surface area (TPSA) is 53.4 Å². The molecular formula is C13H18N2O2. The van der Waals surface area contributed by atoms with Crippen molar-refractivity contribution in [1.82, 2.24) is 4.98 Å². The molecule has 2 heterocycles. The molecule has 1 saturated heterocycles. The van der Waals surface area contributed by atoms with Crippen molar-refractivity contribution in [3.63, 3.8) is 0 Å². The molecule has 1 aliphatic rings. The van der Waals surface area contributed by atoms with Gasteiger partial charge in [0.1, 0.15) is 11.4 Å². The zero-order valence-electron chi connectivity index (χ0n) is 10.3. The van der Waals surface area contributed by atoms with E-state index >= 15 is 0 Å². The van der Waals surface area contributed by atoms with Gasteiger partial charge in [-0.3, -0.25) is 0 Å². The van der Waals surface area contributed by atoms with E-state index in [4.69, 9.17) is 0 Å². The molecule has 1 fully saturated rings. The number of piperidine rings is 1. The van der Waals surface area contributed by atoms with Crippen LogP contribution in [0.5, 0.6) is 0 Å². The fraction of sp³-hybridized carbons (Fsp3) is 0.538. The average Bonchev–Trinajstić information content (AvgIpc) is 2.32. The number of aromatic nitrogens is 1. The summed E-state index contributed by atoms with van der Waals surface area (Å²) in [5.41, 5.74) is 0.299. The molecule has 2 atom stereocenters. The second-order valence-corrected chi connectivity index (χ2v) is 4.86. The van der Waals surface area contributed by atoms with Gasteiger partial charge in [0.15, 0.2) is 0 Å². The van der Waals surface area contributed by atoms with Gasteiger partial charge < -0.3 is 10.0 Å². The summed E-state index contributed by atoms with van der Waals surface area (Å²) in [6.45, 7) is 5.22. The first-order valence-electron chi connectivity index (χ1n) is 6.04. The number of rotatable bonds is 2. The lowest BCUT2D eigenvalue weighted by molar-refractivity contribution is 0.0697. The summed E-state index contributed by atoms with van der Waals surface area (Å²) in [6, 6.07) is 3.65. The standard InChI is InChI=1S/C13H18N2O2/c1-9-5-6-10(2)15(8-9)12-11(13(16)17)4-3-7-14-12/h3-4,7,9-10H,5-6,8H2,1-2H3,(H,16,17). The van der Waals surface area contributed by atoms with Crippen LogP contribution in [0.25, 0.3) is 0 Å². The van der Waals surface area contributed by atoms with Crippen LogP contribution in [-0.2, 0) is 0 Å². The van der Waals surface area contributed by atoms with Crippen LogP contribution in [0.4, 0.5) is 5.82 Å². The number of anilines is 1. The molecule has 0 saturated carbocycles. The molecule has 0 radical (unpaired) electrons. The molecule has 0 spiro atoms. The fourth-order valence-corrected chi connectivity index (χ4v) is 2.38. The number of hydrogen-bond acceptors (Lipinski definition) is 3. The van der Waals surface area contributed by atoms with Gasteiger partial charge in [0.2, 0.25) is 0 Å². The SMILES string of the molecule is CC1CCC(C)N(c2ncccc2C(=O)O)C1. The number of carboxylic acids is 1. The lowest BCUT2D eigenvalue weighted by Crippen LogP contribution is -2.42. The van der Waals surface area contributed by atoms with Crippen LogP contribution >= 0.6 is 0 Å². The van der Waals surface area contributed by atoms with E-state index in [9.17, 15) is 9.90 Å². The molecule has 1 aliphatic heterocycles. The normalized spacial score (nSPS) is 24.7. The Balaban J connectivity index is 2.35. The van der Waals surface area contributed by atoms with Crippen LogP contribution in [0.2, 0.25) is 0 Å². The van der Waals surface area contributed by atoms with Crippen LogP contribution in [0, 0.1) is 5.92 Å². The Hall–Kier alpha value is -1.58. The Morgan fingerprint density at radius 2 is 2.24 bits per heavy atom. The van der Waals surface area contributed by atoms with E-state index < -0.39 is 5.97 Å². The molecule has 92 valence electrons. The van der Waals surface area contributed by atoms with Gasteiger partial charge in [0.05, 0.1) is 0 Å². The van der Waals surface area contributed by atoms with E-state index in [1.807, 2.05) is 0 Å². The molecule has 17 heavy (non-hydrogen) atoms. The Kier molecular flexibility index (Phi) is 3.31. The molecule has 1 aromatic rings. The second kappa shape index (κ2) is 4.73. The highest BCUT2D eigenvalue weighted by Crippen LogP contribution is 2.28. The van der Waals surface area contributed by atoms with Crippen LogP contribution in [-0.4, -0.2) is 28.6 Å². The fourth-order valence-electron chi connectivity index (χ4n) is 2.38. The number of aromatic carboxylic acids is 1. The maximum Gasteiger partial charge on any atom is 0.339 e. The molecule has 4 nitrogen and oxygen atoms in total. The van der Waals surface area contributed by atoms with Crippen LogP contribution < -0.4 is 4.90 Å². The largest absolute Gasteiger partial charge is 0.478 e. The maximum atomic E-state index is 11.2. The van der Waals surface area contributed by atoms with Crippen molar-refractivity contribution in [2.45, 2.75) is 32.7 Å². The molecule has 1 N–H and O–H groups in total. The number of carbonyl (C=O) groups is 1. The van der Waals surface area contributed by atoms with Gasteiger partial charge in [0.25, 0.3) is 0 Å². The number of hydrogen-bond donors (Lipinski definition) is 1. The predicted molar refractivity (Wildman–Crippen MR) is 66.4 cm³/mol. The zero-order valence-corrected chi connectivity index (χ0v) is 10.3. The molecule has 2 rings (SSSR count). The average molecular weight is 234 g/mol. The summed E-state index contributed by atoms with van der Waals surface area (Å²) >= 11 is 0. The molecule has 0 amide bonds. The smallest absolute Gasteiger partial charge is 0.339 e. The van der Waals surface area contributed by atoms with Gasteiger partial charge in [-0.05, 0) is 37.8 Å². The summed E-state index contributed by atoms with van der Waals surface area (Å²) in [4.78, 5) is 17.6. The lowest BCUT2D eigenvalue weighted by atomic mass is 9.94. The first kappa shape index (κ1) is 11.9. The zero-order chi connectivity index (χ0) is 12.4. The number of pyridine rings is 1. The highest BCUT2D eigenvalue weighted by Gasteiger charge is 2.26. The lowest BCUT2D eigenvalue weighted by Gasteiger charge is -2.38. The van der Waals surface area contributed by atoms with Crippen molar-refractivity contribution in [3.8, 4) is 0 Å². The third kappa shape index (κ3) is 2.40. The summed E-state index contributed by atoms with van der Waals surface area (Å²) in [5.74, 6) is 0.299. The number of carboxylic acid groups (broad SMARTS) is 1. The van der Waals surface area contributed by atoms with Crippen LogP contribution in [0.1, 0.15) is 37.0 Å². The van der Waals surface area contributed by atoms with Gasteiger partial charge in [-0.15, -0.1) is 0 Å². The van der Waals surface area contributed by atoms with Crippen molar-refractivity contribution < 1.29 is 9.90 Å². The van der Waals surface area contributed by atoms with Crippen molar-refractivity contribution >= 4 is 11.8 Å². The Bertz CT molecular complexity index is 420. The molecule has 1 aromatic heterocycles. The van der Waals surface area contributed by atoms with Crippen LogP contribution in [0.3, 0.4) is 0 Å². The van der Waals surface area contributed by atoms with Crippen molar-refractivity contribution in [1.29, 1.82) is 0 Å². The van der Waals surface area contributed by atoms with Gasteiger partial charge in [-0.2, -0.15) is 0 Å². The van der Waals surface area contributed by atoms with E-state index in [-0.39, 0.29) is 0 Å². The van der Waals surface area contributed by atoms with E-state index in [2.05, 4.69) is 23.7 Å². The predicted octanol–water partition coefficient (Wildman–Crippen LogP) is 2.40. The third-order valence-electron chi connectivity index (χ3n) is 3.41. The molecule has 0 aromatic carbocycles. The quantitative estimate of drug-likeness (QED) is 0.853. The van der Waals surface area contributed by atoms with Gasteiger partial charge >= 0.3 is 5.97 Å². The van der Waals surface area contributed by atoms with Crippen molar-refractivity contribution in [2.75, 3.05) is 11.4 Å². The first-order valence-corrected chi connectivity index (χ1v) is 6.04. The Morgan fingerprint density at radius 3 is 2.94 bits per heavy atom. The summed E-state index contributed by atoms with van der Waals surface area (Å²) in [7, 11) is 0. The maximum absolute atomic E-state index is 11.2. The Morgan fingerprint density at radius 1 is 1.47 bits per heavy atom. The minimum absolute atomic E-state index is 0.299. The molecule has 4 heteroatoms. The highest BCUT2D eigenvalue weighted by atomic mass is 16.4. The van der Waals surface area contributed by atoms with E-state index in [1.165, 1.54) is 6.42 Å². The highest BCUT2D eigenvalue weighted by molar-refractivity contribution is 5.93. The molecule has 2 unspecified atom stereocenters. The molecular weight excluding hydrogens is 216 g/mol. The van der Waals surface area contributed by atoms with Crippen LogP contribution in [0.15, 0.2) is 18.3 Å². The monoisotopic (exact) mass is 234 g/mol. The van der Waals surface area contributed by atoms with E-state index in [1.54, 1.807) is 18.3 Å². The first-order chi connectivity index (χ1) is 8.09. The minimum Gasteiger partial charge on any atom is -0.478 e. The summed E-state index contributed by atoms with van der Waals surface area (Å²) in [5, 5.41) is 9.18. The second-order valence-electron chi connectivity index (χ2n) is 4.86. The van der Waals surface area contributed by atoms with Gasteiger partial charge in [-0.25, -0.2) is 9.78 Å². The number of nitrogens with zero attached hydrogens (tertiary/aromatic N) is 2. The van der Waals surface area contributed by atoms with Crippen molar-refractivity contribution in [3.05, 3.63) is 23.9 Å². The summed E-state index contributed by atoms with van der Waals surface area (Å²) in [6.07, 6.45) is 3.96. The van der Waals surface area contributed by atoms with E-state index in [0.717, 1.165) is 13.0 Å². The van der Waals surface area contributed by atoms with Gasteiger partial charge in [0, 0.05) is 18.8 Å². The van der Waals surface area contributed by atoms with E-state index in [0.29, 0.717) is 23.3 Å².